The summed E-state index contributed by atoms with van der Waals surface area (Å²) in [5.74, 6) is 1.38. The Labute approximate surface area is 154 Å². The molecule has 0 spiro atoms. The van der Waals surface area contributed by atoms with Crippen LogP contribution >= 0.6 is 11.3 Å². The highest BCUT2D eigenvalue weighted by atomic mass is 32.1. The lowest BCUT2D eigenvalue weighted by molar-refractivity contribution is 0.184. The number of ether oxygens (including phenoxy) is 1. The molecule has 0 saturated heterocycles. The van der Waals surface area contributed by atoms with Gasteiger partial charge in [-0.25, -0.2) is 4.98 Å². The van der Waals surface area contributed by atoms with Crippen molar-refractivity contribution in [2.24, 2.45) is 0 Å². The predicted molar refractivity (Wildman–Crippen MR) is 96.2 cm³/mol. The molecule has 138 valence electrons. The van der Waals surface area contributed by atoms with E-state index < -0.39 is 0 Å². The van der Waals surface area contributed by atoms with Crippen molar-refractivity contribution in [1.82, 2.24) is 34.3 Å². The van der Waals surface area contributed by atoms with Gasteiger partial charge in [0.2, 0.25) is 4.96 Å². The van der Waals surface area contributed by atoms with E-state index in [9.17, 15) is 4.79 Å². The van der Waals surface area contributed by atoms with Gasteiger partial charge in [0.25, 0.3) is 5.56 Å². The fourth-order valence-corrected chi connectivity index (χ4v) is 3.89. The first-order chi connectivity index (χ1) is 12.6. The molecule has 0 aromatic carbocycles. The molecule has 9 nitrogen and oxygen atoms in total. The maximum Gasteiger partial charge on any atom is 0.275 e. The molecule has 1 saturated carbocycles. The van der Waals surface area contributed by atoms with Crippen molar-refractivity contribution < 1.29 is 4.74 Å². The summed E-state index contributed by atoms with van der Waals surface area (Å²) in [6.07, 6.45) is 4.03. The average molecular weight is 375 g/mol. The molecule has 10 heteroatoms. The first-order valence-electron chi connectivity index (χ1n) is 8.58. The van der Waals surface area contributed by atoms with Gasteiger partial charge in [-0.2, -0.15) is 9.61 Å². The highest BCUT2D eigenvalue weighted by Crippen LogP contribution is 2.41. The van der Waals surface area contributed by atoms with E-state index in [1.54, 1.807) is 19.5 Å². The smallest absolute Gasteiger partial charge is 0.275 e. The SMILES string of the molecule is COCCn1cnnc1CN(C)Cc1cc(=O)n2nc(C3CC3)sc2n1. The van der Waals surface area contributed by atoms with E-state index in [4.69, 9.17) is 4.74 Å². The minimum atomic E-state index is -0.121. The van der Waals surface area contributed by atoms with Crippen molar-refractivity contribution in [2.75, 3.05) is 20.8 Å². The van der Waals surface area contributed by atoms with Crippen molar-refractivity contribution in [3.63, 3.8) is 0 Å². The Hall–Kier alpha value is -2.17. The quantitative estimate of drug-likeness (QED) is 0.578. The summed E-state index contributed by atoms with van der Waals surface area (Å²) in [7, 11) is 3.64. The van der Waals surface area contributed by atoms with E-state index in [2.05, 4.69) is 25.2 Å². The Bertz CT molecular complexity index is 959. The van der Waals surface area contributed by atoms with Gasteiger partial charge in [0.05, 0.1) is 18.8 Å². The third-order valence-electron chi connectivity index (χ3n) is 4.32. The Morgan fingerprint density at radius 2 is 2.23 bits per heavy atom. The maximum absolute atomic E-state index is 12.3. The summed E-state index contributed by atoms with van der Waals surface area (Å²) in [4.78, 5) is 19.7. The molecule has 0 aliphatic heterocycles. The van der Waals surface area contributed by atoms with Crippen LogP contribution in [0.15, 0.2) is 17.2 Å². The molecule has 1 fully saturated rings. The molecular formula is C16H21N7O2S. The molecular weight excluding hydrogens is 354 g/mol. The number of hydrogen-bond acceptors (Lipinski definition) is 8. The second kappa shape index (κ2) is 7.22. The standard InChI is InChI=1S/C16H21N7O2S/c1-21(9-13-19-17-10-22(13)5-6-25-2)8-12-7-14(24)23-16(18-12)26-15(20-23)11-3-4-11/h7,10-11H,3-6,8-9H2,1-2H3. The van der Waals surface area contributed by atoms with Gasteiger partial charge in [-0.05, 0) is 19.9 Å². The fourth-order valence-electron chi connectivity index (χ4n) is 2.80. The minimum absolute atomic E-state index is 0.121. The van der Waals surface area contributed by atoms with Gasteiger partial charge in [0.1, 0.15) is 17.2 Å². The van der Waals surface area contributed by atoms with Crippen molar-refractivity contribution in [3.05, 3.63) is 39.3 Å². The van der Waals surface area contributed by atoms with E-state index in [0.29, 0.717) is 37.1 Å². The second-order valence-electron chi connectivity index (χ2n) is 6.60. The van der Waals surface area contributed by atoms with Gasteiger partial charge < -0.3 is 9.30 Å². The van der Waals surface area contributed by atoms with Gasteiger partial charge >= 0.3 is 0 Å². The molecule has 1 aliphatic carbocycles. The molecule has 0 atom stereocenters. The van der Waals surface area contributed by atoms with E-state index >= 15 is 0 Å². The Balaban J connectivity index is 1.48. The van der Waals surface area contributed by atoms with Gasteiger partial charge in [-0.1, -0.05) is 11.3 Å². The molecule has 0 amide bonds. The van der Waals surface area contributed by atoms with Crippen LogP contribution in [0.2, 0.25) is 0 Å². The zero-order valence-corrected chi connectivity index (χ0v) is 15.6. The molecule has 0 radical (unpaired) electrons. The summed E-state index contributed by atoms with van der Waals surface area (Å²) in [5, 5.41) is 13.6. The number of methoxy groups -OCH3 is 1. The number of nitrogens with zero attached hydrogens (tertiary/aromatic N) is 7. The first-order valence-corrected chi connectivity index (χ1v) is 9.39. The maximum atomic E-state index is 12.3. The normalized spacial score (nSPS) is 14.6. The molecule has 0 unspecified atom stereocenters. The number of fused-ring (bicyclic) bond motifs is 1. The highest BCUT2D eigenvalue weighted by molar-refractivity contribution is 7.16. The van der Waals surface area contributed by atoms with E-state index in [0.717, 1.165) is 29.4 Å². The summed E-state index contributed by atoms with van der Waals surface area (Å²) in [5.41, 5.74) is 0.622. The van der Waals surface area contributed by atoms with Crippen molar-refractivity contribution in [2.45, 2.75) is 38.4 Å². The predicted octanol–water partition coefficient (Wildman–Crippen LogP) is 0.898. The van der Waals surface area contributed by atoms with Crippen LogP contribution in [0.25, 0.3) is 4.96 Å². The van der Waals surface area contributed by atoms with Gasteiger partial charge in [-0.3, -0.25) is 9.69 Å². The summed E-state index contributed by atoms with van der Waals surface area (Å²) in [6, 6.07) is 1.57. The lowest BCUT2D eigenvalue weighted by Gasteiger charge is -2.16. The molecule has 3 heterocycles. The van der Waals surface area contributed by atoms with Crippen LogP contribution in [0.5, 0.6) is 0 Å². The number of aromatic nitrogens is 6. The van der Waals surface area contributed by atoms with Crippen molar-refractivity contribution in [3.8, 4) is 0 Å². The second-order valence-corrected chi connectivity index (χ2v) is 7.59. The van der Waals surface area contributed by atoms with Crippen LogP contribution < -0.4 is 5.56 Å². The van der Waals surface area contributed by atoms with Crippen LogP contribution in [-0.4, -0.2) is 55.0 Å². The summed E-state index contributed by atoms with van der Waals surface area (Å²) >= 11 is 1.52. The van der Waals surface area contributed by atoms with Crippen molar-refractivity contribution >= 4 is 16.3 Å². The van der Waals surface area contributed by atoms with Crippen LogP contribution in [-0.2, 0) is 24.4 Å². The zero-order chi connectivity index (χ0) is 18.1. The highest BCUT2D eigenvalue weighted by Gasteiger charge is 2.28. The monoisotopic (exact) mass is 375 g/mol. The Morgan fingerprint density at radius 1 is 1.38 bits per heavy atom. The third kappa shape index (κ3) is 3.67. The molecule has 26 heavy (non-hydrogen) atoms. The van der Waals surface area contributed by atoms with Crippen LogP contribution in [0.3, 0.4) is 0 Å². The third-order valence-corrected chi connectivity index (χ3v) is 5.39. The van der Waals surface area contributed by atoms with Crippen LogP contribution in [0, 0.1) is 0 Å². The fraction of sp³-hybridized carbons (Fsp3) is 0.562. The van der Waals surface area contributed by atoms with Gasteiger partial charge in [-0.15, -0.1) is 10.2 Å². The Kier molecular flexibility index (Phi) is 4.79. The molecule has 3 aromatic rings. The van der Waals surface area contributed by atoms with Crippen LogP contribution in [0.1, 0.15) is 35.3 Å². The molecule has 0 N–H and O–H groups in total. The molecule has 1 aliphatic rings. The van der Waals surface area contributed by atoms with E-state index in [1.165, 1.54) is 15.9 Å². The van der Waals surface area contributed by atoms with Crippen molar-refractivity contribution in [1.29, 1.82) is 0 Å². The first kappa shape index (κ1) is 17.3. The summed E-state index contributed by atoms with van der Waals surface area (Å²) < 4.78 is 8.49. The molecule has 3 aromatic heterocycles. The topological polar surface area (TPSA) is 90.4 Å². The van der Waals surface area contributed by atoms with Gasteiger partial charge in [0, 0.05) is 32.2 Å². The lowest BCUT2D eigenvalue weighted by Crippen LogP contribution is -2.23. The van der Waals surface area contributed by atoms with Gasteiger partial charge in [0.15, 0.2) is 0 Å². The van der Waals surface area contributed by atoms with E-state index in [1.807, 2.05) is 11.6 Å². The lowest BCUT2D eigenvalue weighted by atomic mass is 10.3. The largest absolute Gasteiger partial charge is 0.383 e. The van der Waals surface area contributed by atoms with E-state index in [-0.39, 0.29) is 5.56 Å². The average Bonchev–Trinajstić information content (AvgIpc) is 3.22. The van der Waals surface area contributed by atoms with Crippen LogP contribution in [0.4, 0.5) is 0 Å². The molecule has 4 rings (SSSR count). The summed E-state index contributed by atoms with van der Waals surface area (Å²) in [6.45, 7) is 2.49. The number of hydrogen-bond donors (Lipinski definition) is 0. The minimum Gasteiger partial charge on any atom is -0.383 e. The molecule has 0 bridgehead atoms. The Morgan fingerprint density at radius 3 is 3.00 bits per heavy atom. The number of rotatable bonds is 8. The zero-order valence-electron chi connectivity index (χ0n) is 14.8.